The summed E-state index contributed by atoms with van der Waals surface area (Å²) in [6, 6.07) is 19.4. The highest BCUT2D eigenvalue weighted by Gasteiger charge is 2.25. The van der Waals surface area contributed by atoms with Gasteiger partial charge in [-0.3, -0.25) is 4.79 Å². The topological polar surface area (TPSA) is 57.6 Å². The summed E-state index contributed by atoms with van der Waals surface area (Å²) in [6.07, 6.45) is 1.09. The van der Waals surface area contributed by atoms with E-state index in [0.29, 0.717) is 25.1 Å². The first-order valence-corrected chi connectivity index (χ1v) is 10.1. The summed E-state index contributed by atoms with van der Waals surface area (Å²) in [4.78, 5) is 27.5. The molecule has 0 bridgehead atoms. The number of amides is 1. The number of aromatic carboxylic acids is 1. The normalized spacial score (nSPS) is 10.6. The summed E-state index contributed by atoms with van der Waals surface area (Å²) < 4.78 is 0. The quantitative estimate of drug-likeness (QED) is 0.555. The van der Waals surface area contributed by atoms with Crippen LogP contribution in [0.15, 0.2) is 60.7 Å². The highest BCUT2D eigenvalue weighted by atomic mass is 32.1. The van der Waals surface area contributed by atoms with Crippen molar-refractivity contribution in [3.05, 3.63) is 76.7 Å². The van der Waals surface area contributed by atoms with Crippen molar-refractivity contribution in [1.29, 1.82) is 0 Å². The molecule has 3 aromatic rings. The minimum absolute atomic E-state index is 0.0658. The molecule has 5 heteroatoms. The second-order valence-electron chi connectivity index (χ2n) is 6.72. The number of carbonyl (C=O) groups is 2. The van der Waals surface area contributed by atoms with Gasteiger partial charge in [-0.1, -0.05) is 67.1 Å². The summed E-state index contributed by atoms with van der Waals surface area (Å²) in [7, 11) is 0. The van der Waals surface area contributed by atoms with Gasteiger partial charge in [0.25, 0.3) is 0 Å². The van der Waals surface area contributed by atoms with E-state index in [4.69, 9.17) is 0 Å². The lowest BCUT2D eigenvalue weighted by molar-refractivity contribution is -0.118. The number of anilines is 1. The third-order valence-electron chi connectivity index (χ3n) is 4.44. The van der Waals surface area contributed by atoms with Gasteiger partial charge >= 0.3 is 5.97 Å². The van der Waals surface area contributed by atoms with Crippen LogP contribution in [-0.2, 0) is 11.3 Å². The molecule has 0 unspecified atom stereocenters. The first kappa shape index (κ1) is 19.8. The van der Waals surface area contributed by atoms with Gasteiger partial charge < -0.3 is 10.0 Å². The molecular weight excluding hydrogens is 370 g/mol. The smallest absolute Gasteiger partial charge is 0.348 e. The molecule has 3 rings (SSSR count). The number of hydrogen-bond acceptors (Lipinski definition) is 3. The Labute approximate surface area is 169 Å². The first-order chi connectivity index (χ1) is 13.5. The van der Waals surface area contributed by atoms with E-state index >= 15 is 0 Å². The Morgan fingerprint density at radius 2 is 1.79 bits per heavy atom. The summed E-state index contributed by atoms with van der Waals surface area (Å²) in [6.45, 7) is 4.30. The van der Waals surface area contributed by atoms with Crippen molar-refractivity contribution in [2.75, 3.05) is 4.90 Å². The van der Waals surface area contributed by atoms with Crippen LogP contribution in [0.1, 0.15) is 40.6 Å². The molecule has 1 heterocycles. The van der Waals surface area contributed by atoms with Crippen LogP contribution in [0.3, 0.4) is 0 Å². The molecule has 144 valence electrons. The predicted molar refractivity (Wildman–Crippen MR) is 114 cm³/mol. The monoisotopic (exact) mass is 393 g/mol. The number of rotatable bonds is 7. The summed E-state index contributed by atoms with van der Waals surface area (Å²) in [5.74, 6) is -1.08. The van der Waals surface area contributed by atoms with Crippen LogP contribution in [0.4, 0.5) is 5.69 Å². The van der Waals surface area contributed by atoms with Gasteiger partial charge in [0.1, 0.15) is 4.88 Å². The maximum Gasteiger partial charge on any atom is 0.348 e. The molecule has 0 atom stereocenters. The highest BCUT2D eigenvalue weighted by Crippen LogP contribution is 2.38. The maximum atomic E-state index is 12.9. The number of thiophene rings is 1. The summed E-state index contributed by atoms with van der Waals surface area (Å²) in [5, 5.41) is 9.77. The molecule has 0 aliphatic heterocycles. The molecular formula is C23H23NO3S. The van der Waals surface area contributed by atoms with Crippen LogP contribution in [0.5, 0.6) is 0 Å². The highest BCUT2D eigenvalue weighted by molar-refractivity contribution is 7.18. The maximum absolute atomic E-state index is 12.9. The molecule has 0 radical (unpaired) electrons. The van der Waals surface area contributed by atoms with Crippen molar-refractivity contribution < 1.29 is 14.7 Å². The van der Waals surface area contributed by atoms with Crippen LogP contribution in [0.25, 0.3) is 10.4 Å². The summed E-state index contributed by atoms with van der Waals surface area (Å²) in [5.41, 5.74) is 3.50. The average molecular weight is 394 g/mol. The molecule has 0 saturated heterocycles. The number of hydrogen-bond donors (Lipinski definition) is 1. The fourth-order valence-electron chi connectivity index (χ4n) is 3.13. The number of benzene rings is 2. The van der Waals surface area contributed by atoms with Gasteiger partial charge in [0, 0.05) is 11.3 Å². The van der Waals surface area contributed by atoms with E-state index in [1.807, 2.05) is 74.5 Å². The Morgan fingerprint density at radius 1 is 1.04 bits per heavy atom. The van der Waals surface area contributed by atoms with Gasteiger partial charge in [0.2, 0.25) is 5.91 Å². The molecule has 28 heavy (non-hydrogen) atoms. The number of carboxylic acid groups (broad SMARTS) is 1. The van der Waals surface area contributed by atoms with E-state index in [1.165, 1.54) is 11.3 Å². The Balaban J connectivity index is 2.06. The average Bonchev–Trinajstić information content (AvgIpc) is 3.12. The lowest BCUT2D eigenvalue weighted by Crippen LogP contribution is -2.30. The minimum atomic E-state index is -1.01. The van der Waals surface area contributed by atoms with E-state index in [0.717, 1.165) is 21.6 Å². The largest absolute Gasteiger partial charge is 0.477 e. The zero-order chi connectivity index (χ0) is 20.1. The van der Waals surface area contributed by atoms with E-state index in [2.05, 4.69) is 0 Å². The lowest BCUT2D eigenvalue weighted by atomic mass is 10.1. The first-order valence-electron chi connectivity index (χ1n) is 9.28. The van der Waals surface area contributed by atoms with Crippen LogP contribution in [-0.4, -0.2) is 17.0 Å². The lowest BCUT2D eigenvalue weighted by Gasteiger charge is -2.23. The molecule has 1 aromatic heterocycles. The molecule has 0 aliphatic rings. The molecule has 1 amide bonds. The van der Waals surface area contributed by atoms with E-state index in [-0.39, 0.29) is 10.8 Å². The zero-order valence-electron chi connectivity index (χ0n) is 16.0. The van der Waals surface area contributed by atoms with Gasteiger partial charge in [-0.15, -0.1) is 11.3 Å². The van der Waals surface area contributed by atoms with Crippen molar-refractivity contribution in [3.63, 3.8) is 0 Å². The number of carbonyl (C=O) groups excluding carboxylic acids is 1. The van der Waals surface area contributed by atoms with Crippen molar-refractivity contribution in [1.82, 2.24) is 0 Å². The third-order valence-corrected chi connectivity index (χ3v) is 5.61. The molecule has 0 spiro atoms. The Morgan fingerprint density at radius 3 is 2.43 bits per heavy atom. The molecule has 4 nitrogen and oxygen atoms in total. The summed E-state index contributed by atoms with van der Waals surface area (Å²) >= 11 is 1.20. The zero-order valence-corrected chi connectivity index (χ0v) is 16.8. The predicted octanol–water partition coefficient (Wildman–Crippen LogP) is 5.76. The van der Waals surface area contributed by atoms with Gasteiger partial charge in [-0.2, -0.15) is 0 Å². The van der Waals surface area contributed by atoms with Crippen LogP contribution < -0.4 is 4.90 Å². The van der Waals surface area contributed by atoms with Crippen molar-refractivity contribution in [2.45, 2.75) is 33.2 Å². The van der Waals surface area contributed by atoms with Crippen molar-refractivity contribution >= 4 is 28.9 Å². The van der Waals surface area contributed by atoms with Crippen LogP contribution >= 0.6 is 11.3 Å². The van der Waals surface area contributed by atoms with E-state index < -0.39 is 5.97 Å². The van der Waals surface area contributed by atoms with E-state index in [9.17, 15) is 14.7 Å². The fourth-order valence-corrected chi connectivity index (χ4v) is 4.13. The number of aryl methyl sites for hydroxylation is 1. The SMILES string of the molecule is CCCC(=O)N(Cc1cccc(C)c1)c1cc(-c2ccccc2)sc1C(=O)O. The van der Waals surface area contributed by atoms with Gasteiger partial charge in [0.15, 0.2) is 0 Å². The standard InChI is InChI=1S/C23H23NO3S/c1-3-8-21(25)24(15-17-10-7-9-16(2)13-17)19-14-20(28-22(19)23(26)27)18-11-5-4-6-12-18/h4-7,9-14H,3,8,15H2,1-2H3,(H,26,27). The molecule has 1 N–H and O–H groups in total. The van der Waals surface area contributed by atoms with Crippen molar-refractivity contribution in [2.24, 2.45) is 0 Å². The fraction of sp³-hybridized carbons (Fsp3) is 0.217. The van der Waals surface area contributed by atoms with Crippen LogP contribution in [0, 0.1) is 6.92 Å². The second-order valence-corrected chi connectivity index (χ2v) is 7.77. The van der Waals surface area contributed by atoms with Crippen LogP contribution in [0.2, 0.25) is 0 Å². The number of nitrogens with zero attached hydrogens (tertiary/aromatic N) is 1. The van der Waals surface area contributed by atoms with Gasteiger partial charge in [0.05, 0.1) is 12.2 Å². The van der Waals surface area contributed by atoms with Crippen molar-refractivity contribution in [3.8, 4) is 10.4 Å². The van der Waals surface area contributed by atoms with Gasteiger partial charge in [-0.25, -0.2) is 4.79 Å². The Kier molecular flexibility index (Phi) is 6.26. The second kappa shape index (κ2) is 8.85. The Hall–Kier alpha value is -2.92. The molecule has 0 fully saturated rings. The minimum Gasteiger partial charge on any atom is -0.477 e. The third kappa shape index (κ3) is 4.49. The Bertz CT molecular complexity index is 979. The van der Waals surface area contributed by atoms with Gasteiger partial charge in [-0.05, 0) is 30.5 Å². The number of carboxylic acids is 1. The molecule has 0 saturated carbocycles. The molecule has 0 aliphatic carbocycles. The van der Waals surface area contributed by atoms with E-state index in [1.54, 1.807) is 4.90 Å². The molecule has 2 aromatic carbocycles.